The van der Waals surface area contributed by atoms with Crippen LogP contribution in [0, 0.1) is 0 Å². The van der Waals surface area contributed by atoms with E-state index in [-0.39, 0.29) is 18.3 Å². The van der Waals surface area contributed by atoms with Crippen LogP contribution in [-0.4, -0.2) is 35.6 Å². The van der Waals surface area contributed by atoms with Gasteiger partial charge in [0.25, 0.3) is 0 Å². The number of fused-ring (bicyclic) bond motifs is 1. The summed E-state index contributed by atoms with van der Waals surface area (Å²) < 4.78 is 11.6. The van der Waals surface area contributed by atoms with Crippen LogP contribution in [0.4, 0.5) is 0 Å². The van der Waals surface area contributed by atoms with E-state index in [1.807, 2.05) is 0 Å². The first-order valence-corrected chi connectivity index (χ1v) is 6.33. The molecular weight excluding hydrogens is 192 g/mol. The summed E-state index contributed by atoms with van der Waals surface area (Å²) in [5.41, 5.74) is 0. The summed E-state index contributed by atoms with van der Waals surface area (Å²) in [5, 5.41) is 9.83. The van der Waals surface area contributed by atoms with Crippen molar-refractivity contribution in [3.8, 4) is 0 Å². The van der Waals surface area contributed by atoms with Crippen LogP contribution in [0.15, 0.2) is 0 Å². The van der Waals surface area contributed by atoms with E-state index in [0.29, 0.717) is 12.2 Å². The van der Waals surface area contributed by atoms with Gasteiger partial charge in [-0.2, -0.15) is 0 Å². The van der Waals surface area contributed by atoms with E-state index < -0.39 is 0 Å². The van der Waals surface area contributed by atoms with Gasteiger partial charge in [0.15, 0.2) is 0 Å². The van der Waals surface area contributed by atoms with Crippen LogP contribution in [-0.2, 0) is 9.47 Å². The molecule has 0 bridgehead atoms. The molecule has 2 saturated carbocycles. The highest BCUT2D eigenvalue weighted by atomic mass is 16.6. The number of hydrogen-bond donors (Lipinski definition) is 1. The van der Waals surface area contributed by atoms with Gasteiger partial charge < -0.3 is 14.6 Å². The molecule has 0 aromatic carbocycles. The van der Waals surface area contributed by atoms with Crippen LogP contribution < -0.4 is 0 Å². The molecule has 0 amide bonds. The molecule has 3 fully saturated rings. The van der Waals surface area contributed by atoms with Gasteiger partial charge in [-0.1, -0.05) is 12.8 Å². The average molecular weight is 212 g/mol. The third kappa shape index (κ3) is 2.05. The molecule has 15 heavy (non-hydrogen) atoms. The first-order valence-electron chi connectivity index (χ1n) is 6.33. The third-order valence-electron chi connectivity index (χ3n) is 3.98. The number of aliphatic hydroxyl groups is 1. The van der Waals surface area contributed by atoms with E-state index in [1.165, 1.54) is 19.3 Å². The smallest absolute Gasteiger partial charge is 0.110 e. The predicted molar refractivity (Wildman–Crippen MR) is 55.6 cm³/mol. The van der Waals surface area contributed by atoms with Crippen LogP contribution in [0.5, 0.6) is 0 Å². The zero-order valence-corrected chi connectivity index (χ0v) is 9.10. The van der Waals surface area contributed by atoms with Gasteiger partial charge in [0, 0.05) is 0 Å². The quantitative estimate of drug-likeness (QED) is 0.707. The van der Waals surface area contributed by atoms with Crippen molar-refractivity contribution < 1.29 is 14.6 Å². The first kappa shape index (κ1) is 10.1. The minimum atomic E-state index is -0.238. The fourth-order valence-corrected chi connectivity index (χ4v) is 3.01. The molecule has 1 N–H and O–H groups in total. The van der Waals surface area contributed by atoms with Crippen LogP contribution in [0.25, 0.3) is 0 Å². The summed E-state index contributed by atoms with van der Waals surface area (Å²) in [5.74, 6) is 0. The van der Waals surface area contributed by atoms with Crippen LogP contribution in [0.1, 0.15) is 44.9 Å². The van der Waals surface area contributed by atoms with E-state index in [2.05, 4.69) is 0 Å². The Hall–Kier alpha value is -0.120. The summed E-state index contributed by atoms with van der Waals surface area (Å²) in [7, 11) is 0. The zero-order chi connectivity index (χ0) is 10.3. The Bertz CT molecular complexity index is 225. The van der Waals surface area contributed by atoms with Gasteiger partial charge in [0.1, 0.15) is 6.10 Å². The number of ether oxygens (including phenoxy) is 2. The Labute approximate surface area is 90.8 Å². The fourth-order valence-electron chi connectivity index (χ4n) is 3.01. The van der Waals surface area contributed by atoms with Gasteiger partial charge in [0.2, 0.25) is 0 Å². The second-order valence-corrected chi connectivity index (χ2v) is 5.13. The van der Waals surface area contributed by atoms with E-state index in [4.69, 9.17) is 9.47 Å². The summed E-state index contributed by atoms with van der Waals surface area (Å²) in [6.45, 7) is 0. The summed E-state index contributed by atoms with van der Waals surface area (Å²) in [6, 6.07) is 0. The number of hydrogen-bond acceptors (Lipinski definition) is 3. The molecule has 3 heteroatoms. The normalized spacial score (nSPS) is 49.8. The second kappa shape index (κ2) is 4.04. The van der Waals surface area contributed by atoms with E-state index in [0.717, 1.165) is 25.7 Å². The van der Waals surface area contributed by atoms with Gasteiger partial charge in [-0.05, 0) is 32.1 Å². The van der Waals surface area contributed by atoms with E-state index in [1.54, 1.807) is 0 Å². The Balaban J connectivity index is 1.54. The van der Waals surface area contributed by atoms with Gasteiger partial charge >= 0.3 is 0 Å². The van der Waals surface area contributed by atoms with Crippen molar-refractivity contribution in [1.82, 2.24) is 0 Å². The minimum Gasteiger partial charge on any atom is -0.390 e. The minimum absolute atomic E-state index is 0.0756. The monoisotopic (exact) mass is 212 g/mol. The maximum atomic E-state index is 9.83. The molecule has 0 radical (unpaired) electrons. The SMILES string of the molecule is OC1CCCCC1OC1CCCC2OC12. The van der Waals surface area contributed by atoms with Crippen LogP contribution in [0.2, 0.25) is 0 Å². The second-order valence-electron chi connectivity index (χ2n) is 5.13. The van der Waals surface area contributed by atoms with Crippen molar-refractivity contribution in [2.45, 2.75) is 75.5 Å². The van der Waals surface area contributed by atoms with Crippen molar-refractivity contribution in [1.29, 1.82) is 0 Å². The average Bonchev–Trinajstić information content (AvgIpc) is 3.01. The molecular formula is C12H20O3. The highest BCUT2D eigenvalue weighted by molar-refractivity contribution is 4.96. The largest absolute Gasteiger partial charge is 0.390 e. The summed E-state index contributed by atoms with van der Waals surface area (Å²) >= 11 is 0. The molecule has 3 nitrogen and oxygen atoms in total. The summed E-state index contributed by atoms with van der Waals surface area (Å²) in [4.78, 5) is 0. The van der Waals surface area contributed by atoms with Gasteiger partial charge in [-0.15, -0.1) is 0 Å². The lowest BCUT2D eigenvalue weighted by Gasteiger charge is -2.31. The Morgan fingerprint density at radius 2 is 1.73 bits per heavy atom. The lowest BCUT2D eigenvalue weighted by Crippen LogP contribution is -2.38. The molecule has 3 rings (SSSR count). The van der Waals surface area contributed by atoms with E-state index in [9.17, 15) is 5.11 Å². The standard InChI is InChI=1S/C12H20O3/c13-8-4-1-2-5-9(8)14-10-6-3-7-11-12(10)15-11/h8-13H,1-7H2. The Morgan fingerprint density at radius 1 is 0.933 bits per heavy atom. The fraction of sp³-hybridized carbons (Fsp3) is 1.00. The van der Waals surface area contributed by atoms with Crippen molar-refractivity contribution in [2.24, 2.45) is 0 Å². The van der Waals surface area contributed by atoms with Crippen LogP contribution in [0.3, 0.4) is 0 Å². The third-order valence-corrected chi connectivity index (χ3v) is 3.98. The highest BCUT2D eigenvalue weighted by Crippen LogP contribution is 2.39. The maximum Gasteiger partial charge on any atom is 0.110 e. The molecule has 3 aliphatic rings. The topological polar surface area (TPSA) is 42.0 Å². The molecule has 5 unspecified atom stereocenters. The highest BCUT2D eigenvalue weighted by Gasteiger charge is 2.48. The van der Waals surface area contributed by atoms with Gasteiger partial charge in [0.05, 0.1) is 24.4 Å². The lowest BCUT2D eigenvalue weighted by molar-refractivity contribution is -0.104. The maximum absolute atomic E-state index is 9.83. The van der Waals surface area contributed by atoms with Crippen molar-refractivity contribution >= 4 is 0 Å². The molecule has 1 saturated heterocycles. The molecule has 86 valence electrons. The van der Waals surface area contributed by atoms with Crippen LogP contribution >= 0.6 is 0 Å². The zero-order valence-electron chi connectivity index (χ0n) is 9.10. The van der Waals surface area contributed by atoms with Gasteiger partial charge in [-0.25, -0.2) is 0 Å². The molecule has 0 aromatic heterocycles. The number of rotatable bonds is 2. The molecule has 5 atom stereocenters. The lowest BCUT2D eigenvalue weighted by atomic mass is 9.93. The Morgan fingerprint density at radius 3 is 2.60 bits per heavy atom. The van der Waals surface area contributed by atoms with Crippen molar-refractivity contribution in [2.75, 3.05) is 0 Å². The summed E-state index contributed by atoms with van der Waals surface area (Å²) in [6.07, 6.45) is 8.75. The van der Waals surface area contributed by atoms with Crippen molar-refractivity contribution in [3.63, 3.8) is 0 Å². The number of aliphatic hydroxyl groups excluding tert-OH is 1. The van der Waals surface area contributed by atoms with Crippen molar-refractivity contribution in [3.05, 3.63) is 0 Å². The Kier molecular flexibility index (Phi) is 2.71. The molecule has 1 heterocycles. The predicted octanol–water partition coefficient (Wildman–Crippen LogP) is 1.63. The molecule has 0 spiro atoms. The van der Waals surface area contributed by atoms with E-state index >= 15 is 0 Å². The first-order chi connectivity index (χ1) is 7.34. The number of epoxide rings is 1. The van der Waals surface area contributed by atoms with Gasteiger partial charge in [-0.3, -0.25) is 0 Å². The molecule has 2 aliphatic carbocycles. The molecule has 0 aromatic rings. The molecule has 1 aliphatic heterocycles.